The quantitative estimate of drug-likeness (QED) is 0.666. The van der Waals surface area contributed by atoms with Crippen molar-refractivity contribution in [1.29, 1.82) is 0 Å². The molecule has 0 bridgehead atoms. The van der Waals surface area contributed by atoms with Gasteiger partial charge in [-0.1, -0.05) is 13.0 Å². The maximum Gasteiger partial charge on any atom is 0.0353 e. The zero-order chi connectivity index (χ0) is 10.4. The first-order valence-electron chi connectivity index (χ1n) is 5.23. The molecule has 0 fully saturated rings. The molecule has 3 rings (SSSR count). The van der Waals surface area contributed by atoms with Crippen molar-refractivity contribution in [2.45, 2.75) is 13.3 Å². The number of nitrogen functional groups attached to an aromatic ring is 1. The van der Waals surface area contributed by atoms with Crippen LogP contribution in [-0.4, -0.2) is 0 Å². The van der Waals surface area contributed by atoms with Gasteiger partial charge >= 0.3 is 0 Å². The van der Waals surface area contributed by atoms with Gasteiger partial charge in [-0.3, -0.25) is 0 Å². The highest BCUT2D eigenvalue weighted by molar-refractivity contribution is 7.20. The molecular weight excluding hydrogens is 202 g/mol. The van der Waals surface area contributed by atoms with Gasteiger partial charge in [-0.15, -0.1) is 11.3 Å². The summed E-state index contributed by atoms with van der Waals surface area (Å²) in [5.74, 6) is 0.650. The maximum atomic E-state index is 5.84. The van der Waals surface area contributed by atoms with E-state index in [9.17, 15) is 0 Å². The largest absolute Gasteiger partial charge is 0.399 e. The van der Waals surface area contributed by atoms with Crippen LogP contribution in [0.3, 0.4) is 0 Å². The molecule has 0 aliphatic heterocycles. The Morgan fingerprint density at radius 3 is 3.13 bits per heavy atom. The smallest absolute Gasteiger partial charge is 0.0353 e. The number of fused-ring (bicyclic) bond motifs is 3. The van der Waals surface area contributed by atoms with Gasteiger partial charge in [0.15, 0.2) is 0 Å². The summed E-state index contributed by atoms with van der Waals surface area (Å²) in [6, 6.07) is 6.22. The molecule has 1 aromatic carbocycles. The molecule has 1 aliphatic carbocycles. The molecule has 2 heteroatoms. The molecule has 15 heavy (non-hydrogen) atoms. The van der Waals surface area contributed by atoms with E-state index in [1.165, 1.54) is 20.5 Å². The molecule has 1 unspecified atom stereocenters. The Morgan fingerprint density at radius 2 is 2.27 bits per heavy atom. The van der Waals surface area contributed by atoms with Crippen LogP contribution in [0.15, 0.2) is 24.3 Å². The SMILES string of the molecule is CC1C=Cc2sc3ccc(N)cc3c2C1. The van der Waals surface area contributed by atoms with Crippen molar-refractivity contribution in [2.75, 3.05) is 5.73 Å². The van der Waals surface area contributed by atoms with Crippen molar-refractivity contribution in [2.24, 2.45) is 5.92 Å². The zero-order valence-corrected chi connectivity index (χ0v) is 9.47. The van der Waals surface area contributed by atoms with Crippen molar-refractivity contribution in [3.63, 3.8) is 0 Å². The molecule has 2 aromatic rings. The van der Waals surface area contributed by atoms with Gasteiger partial charge in [0.25, 0.3) is 0 Å². The van der Waals surface area contributed by atoms with Crippen molar-refractivity contribution >= 4 is 33.2 Å². The average Bonchev–Trinajstić information content (AvgIpc) is 2.56. The van der Waals surface area contributed by atoms with E-state index in [-0.39, 0.29) is 0 Å². The lowest BCUT2D eigenvalue weighted by Crippen LogP contribution is -2.00. The summed E-state index contributed by atoms with van der Waals surface area (Å²) in [6.45, 7) is 2.26. The predicted octanol–water partition coefficient (Wildman–Crippen LogP) is 3.69. The van der Waals surface area contributed by atoms with Crippen LogP contribution in [0.25, 0.3) is 16.2 Å². The topological polar surface area (TPSA) is 26.0 Å². The van der Waals surface area contributed by atoms with E-state index in [0.717, 1.165) is 12.1 Å². The lowest BCUT2D eigenvalue weighted by molar-refractivity contribution is 0.724. The number of thiophene rings is 1. The van der Waals surface area contributed by atoms with Gasteiger partial charge < -0.3 is 5.73 Å². The molecule has 0 radical (unpaired) electrons. The highest BCUT2D eigenvalue weighted by atomic mass is 32.1. The fraction of sp³-hybridized carbons (Fsp3) is 0.231. The van der Waals surface area contributed by atoms with Crippen molar-refractivity contribution < 1.29 is 0 Å². The number of benzene rings is 1. The average molecular weight is 215 g/mol. The molecule has 0 spiro atoms. The molecule has 1 nitrogen and oxygen atoms in total. The van der Waals surface area contributed by atoms with Gasteiger partial charge in [0.05, 0.1) is 0 Å². The Morgan fingerprint density at radius 1 is 1.40 bits per heavy atom. The molecular formula is C13H13NS. The lowest BCUT2D eigenvalue weighted by atomic mass is 9.93. The first kappa shape index (κ1) is 8.98. The Bertz CT molecular complexity index is 551. The zero-order valence-electron chi connectivity index (χ0n) is 8.66. The summed E-state index contributed by atoms with van der Waals surface area (Å²) in [7, 11) is 0. The Labute approximate surface area is 93.2 Å². The molecule has 1 aliphatic rings. The van der Waals surface area contributed by atoms with Crippen LogP contribution >= 0.6 is 11.3 Å². The summed E-state index contributed by atoms with van der Waals surface area (Å²) in [6.07, 6.45) is 5.70. The van der Waals surface area contributed by atoms with E-state index in [2.05, 4.69) is 31.2 Å². The van der Waals surface area contributed by atoms with Crippen LogP contribution in [0.5, 0.6) is 0 Å². The second-order valence-electron chi connectivity index (χ2n) is 4.24. The van der Waals surface area contributed by atoms with E-state index >= 15 is 0 Å². The highest BCUT2D eigenvalue weighted by Crippen LogP contribution is 2.37. The van der Waals surface area contributed by atoms with Crippen LogP contribution in [0.2, 0.25) is 0 Å². The van der Waals surface area contributed by atoms with Crippen LogP contribution in [0.1, 0.15) is 17.4 Å². The predicted molar refractivity (Wildman–Crippen MR) is 68.1 cm³/mol. The standard InChI is InChI=1S/C13H13NS/c1-8-2-4-12-10(6-8)11-7-9(14)3-5-13(11)15-12/h2-5,7-8H,6,14H2,1H3. The van der Waals surface area contributed by atoms with E-state index in [0.29, 0.717) is 5.92 Å². The third kappa shape index (κ3) is 1.37. The normalized spacial score (nSPS) is 19.4. The Hall–Kier alpha value is -1.28. The Balaban J connectivity index is 2.31. The summed E-state index contributed by atoms with van der Waals surface area (Å²) >= 11 is 1.87. The number of hydrogen-bond acceptors (Lipinski definition) is 2. The van der Waals surface area contributed by atoms with Crippen LogP contribution < -0.4 is 5.73 Å². The van der Waals surface area contributed by atoms with Crippen molar-refractivity contribution in [3.05, 3.63) is 34.7 Å². The molecule has 76 valence electrons. The van der Waals surface area contributed by atoms with Crippen molar-refractivity contribution in [1.82, 2.24) is 0 Å². The van der Waals surface area contributed by atoms with Gasteiger partial charge in [0, 0.05) is 15.3 Å². The minimum atomic E-state index is 0.650. The number of allylic oxidation sites excluding steroid dienone is 1. The molecule has 0 saturated heterocycles. The van der Waals surface area contributed by atoms with Crippen LogP contribution in [0.4, 0.5) is 5.69 Å². The summed E-state index contributed by atoms with van der Waals surface area (Å²) in [4.78, 5) is 1.41. The van der Waals surface area contributed by atoms with E-state index in [4.69, 9.17) is 5.73 Å². The third-order valence-electron chi connectivity index (χ3n) is 2.95. The van der Waals surface area contributed by atoms with E-state index in [1.807, 2.05) is 17.4 Å². The number of hydrogen-bond donors (Lipinski definition) is 1. The first-order chi connectivity index (χ1) is 7.24. The second kappa shape index (κ2) is 3.11. The summed E-state index contributed by atoms with van der Waals surface area (Å²) in [5.41, 5.74) is 8.19. The van der Waals surface area contributed by atoms with E-state index in [1.54, 1.807) is 0 Å². The molecule has 1 atom stereocenters. The fourth-order valence-electron chi connectivity index (χ4n) is 2.17. The number of rotatable bonds is 0. The minimum absolute atomic E-state index is 0.650. The number of nitrogens with two attached hydrogens (primary N) is 1. The summed E-state index contributed by atoms with van der Waals surface area (Å²) in [5, 5.41) is 1.35. The van der Waals surface area contributed by atoms with Gasteiger partial charge in [-0.25, -0.2) is 0 Å². The highest BCUT2D eigenvalue weighted by Gasteiger charge is 2.15. The van der Waals surface area contributed by atoms with Gasteiger partial charge in [0.2, 0.25) is 0 Å². The van der Waals surface area contributed by atoms with E-state index < -0.39 is 0 Å². The molecule has 1 heterocycles. The van der Waals surface area contributed by atoms with Gasteiger partial charge in [-0.2, -0.15) is 0 Å². The monoisotopic (exact) mass is 215 g/mol. The fourth-order valence-corrected chi connectivity index (χ4v) is 3.30. The lowest BCUT2D eigenvalue weighted by Gasteiger charge is -2.11. The molecule has 0 saturated carbocycles. The Kier molecular flexibility index (Phi) is 1.86. The van der Waals surface area contributed by atoms with Crippen molar-refractivity contribution in [3.8, 4) is 0 Å². The molecule has 0 amide bonds. The second-order valence-corrected chi connectivity index (χ2v) is 5.32. The summed E-state index contributed by atoms with van der Waals surface area (Å²) < 4.78 is 1.35. The van der Waals surface area contributed by atoms with Crippen LogP contribution in [-0.2, 0) is 6.42 Å². The van der Waals surface area contributed by atoms with Gasteiger partial charge in [-0.05, 0) is 47.6 Å². The van der Waals surface area contributed by atoms with Gasteiger partial charge in [0.1, 0.15) is 0 Å². The number of anilines is 1. The minimum Gasteiger partial charge on any atom is -0.399 e. The molecule has 2 N–H and O–H groups in total. The molecule has 1 aromatic heterocycles. The van der Waals surface area contributed by atoms with Crippen LogP contribution in [0, 0.1) is 5.92 Å². The third-order valence-corrected chi connectivity index (χ3v) is 4.13. The first-order valence-corrected chi connectivity index (χ1v) is 6.05. The maximum absolute atomic E-state index is 5.84.